The van der Waals surface area contributed by atoms with Crippen molar-refractivity contribution in [2.24, 2.45) is 0 Å². The van der Waals surface area contributed by atoms with Crippen LogP contribution in [0.3, 0.4) is 0 Å². The Morgan fingerprint density at radius 3 is 2.46 bits per heavy atom. The average molecular weight is 519 g/mol. The van der Waals surface area contributed by atoms with Crippen molar-refractivity contribution < 1.29 is 14.3 Å². The number of ether oxygens (including phenoxy) is 1. The van der Waals surface area contributed by atoms with Crippen LogP contribution in [0.2, 0.25) is 0 Å². The van der Waals surface area contributed by atoms with Crippen molar-refractivity contribution in [2.75, 3.05) is 19.7 Å². The van der Waals surface area contributed by atoms with E-state index in [9.17, 15) is 9.59 Å². The number of hydrogen-bond acceptors (Lipinski definition) is 4. The van der Waals surface area contributed by atoms with E-state index in [4.69, 9.17) is 4.74 Å². The number of amides is 2. The number of nitrogens with zero attached hydrogens (tertiary/aromatic N) is 2. The van der Waals surface area contributed by atoms with Gasteiger partial charge in [-0.2, -0.15) is 0 Å². The molecular formula is C31H38N2O3S. The van der Waals surface area contributed by atoms with Crippen LogP contribution in [0.5, 0.6) is 5.75 Å². The Bertz CT molecular complexity index is 1170. The smallest absolute Gasteiger partial charge is 0.242 e. The molecule has 37 heavy (non-hydrogen) atoms. The summed E-state index contributed by atoms with van der Waals surface area (Å²) in [6, 6.07) is 19.9. The van der Waals surface area contributed by atoms with Gasteiger partial charge in [0.05, 0.1) is 12.5 Å². The molecule has 4 rings (SSSR count). The van der Waals surface area contributed by atoms with E-state index in [1.807, 2.05) is 54.3 Å². The molecule has 2 heterocycles. The van der Waals surface area contributed by atoms with Crippen LogP contribution in [0, 0.1) is 0 Å². The van der Waals surface area contributed by atoms with Gasteiger partial charge in [0, 0.05) is 17.5 Å². The highest BCUT2D eigenvalue weighted by molar-refractivity contribution is 7.10. The zero-order valence-electron chi connectivity index (χ0n) is 22.4. The first-order valence-corrected chi connectivity index (χ1v) is 14.2. The van der Waals surface area contributed by atoms with Crippen LogP contribution in [0.25, 0.3) is 0 Å². The normalized spacial score (nSPS) is 15.8. The largest absolute Gasteiger partial charge is 0.491 e. The van der Waals surface area contributed by atoms with E-state index in [0.717, 1.165) is 29.7 Å². The molecule has 1 aliphatic heterocycles. The number of thiophene rings is 1. The maximum atomic E-state index is 13.7. The number of rotatable bonds is 10. The fraction of sp³-hybridized carbons (Fsp3) is 0.419. The maximum Gasteiger partial charge on any atom is 0.242 e. The second-order valence-corrected chi connectivity index (χ2v) is 11.1. The highest BCUT2D eigenvalue weighted by Gasteiger charge is 2.34. The van der Waals surface area contributed by atoms with Gasteiger partial charge in [0.2, 0.25) is 11.8 Å². The summed E-state index contributed by atoms with van der Waals surface area (Å²) >= 11 is 1.74. The lowest BCUT2D eigenvalue weighted by Gasteiger charge is -2.38. The van der Waals surface area contributed by atoms with Crippen LogP contribution in [0.1, 0.15) is 67.6 Å². The molecule has 0 bridgehead atoms. The van der Waals surface area contributed by atoms with Crippen molar-refractivity contribution in [3.63, 3.8) is 0 Å². The molecule has 0 spiro atoms. The molecule has 0 aliphatic carbocycles. The third-order valence-electron chi connectivity index (χ3n) is 7.32. The molecule has 1 aliphatic rings. The van der Waals surface area contributed by atoms with Gasteiger partial charge in [-0.3, -0.25) is 9.59 Å². The summed E-state index contributed by atoms with van der Waals surface area (Å²) in [5.41, 5.74) is 3.39. The SMILES string of the molecule is CC[C@@H](C)N(CC(=O)N1CCc2sccc2[C@H]1COc1ccc(C(C)C)cc1)C(=O)Cc1ccccc1. The fourth-order valence-electron chi connectivity index (χ4n) is 4.82. The molecule has 2 aromatic carbocycles. The molecule has 6 heteroatoms. The standard InChI is InChI=1S/C31H38N2O3S/c1-5-23(4)33(30(34)19-24-9-7-6-8-10-24)20-31(35)32-17-15-29-27(16-18-37-29)28(32)21-36-26-13-11-25(12-14-26)22(2)3/h6-14,16,18,22-23,28H,5,15,17,19-21H2,1-4H3/t23-,28-/m1/s1. The Balaban J connectivity index is 1.49. The molecule has 0 unspecified atom stereocenters. The number of hydrogen-bond donors (Lipinski definition) is 0. The van der Waals surface area contributed by atoms with Gasteiger partial charge in [0.15, 0.2) is 0 Å². The minimum Gasteiger partial charge on any atom is -0.491 e. The third-order valence-corrected chi connectivity index (χ3v) is 8.31. The summed E-state index contributed by atoms with van der Waals surface area (Å²) < 4.78 is 6.22. The Kier molecular flexibility index (Phi) is 9.04. The Morgan fingerprint density at radius 1 is 1.05 bits per heavy atom. The van der Waals surface area contributed by atoms with E-state index in [1.54, 1.807) is 16.2 Å². The van der Waals surface area contributed by atoms with Gasteiger partial charge in [0.25, 0.3) is 0 Å². The third kappa shape index (κ3) is 6.61. The molecule has 2 amide bonds. The van der Waals surface area contributed by atoms with Crippen LogP contribution in [-0.2, 0) is 22.4 Å². The quantitative estimate of drug-likeness (QED) is 0.319. The summed E-state index contributed by atoms with van der Waals surface area (Å²) in [4.78, 5) is 32.0. The van der Waals surface area contributed by atoms with Crippen LogP contribution in [-0.4, -0.2) is 47.4 Å². The van der Waals surface area contributed by atoms with Crippen molar-refractivity contribution in [3.05, 3.63) is 87.6 Å². The van der Waals surface area contributed by atoms with E-state index >= 15 is 0 Å². The molecule has 196 valence electrons. The van der Waals surface area contributed by atoms with Crippen LogP contribution < -0.4 is 4.74 Å². The van der Waals surface area contributed by atoms with E-state index in [2.05, 4.69) is 44.4 Å². The molecule has 0 radical (unpaired) electrons. The number of carbonyl (C=O) groups is 2. The van der Waals surface area contributed by atoms with Crippen molar-refractivity contribution >= 4 is 23.2 Å². The first kappa shape index (κ1) is 26.9. The lowest BCUT2D eigenvalue weighted by molar-refractivity contribution is -0.144. The molecular weight excluding hydrogens is 480 g/mol. The second-order valence-electron chi connectivity index (χ2n) is 10.1. The molecule has 3 aromatic rings. The topological polar surface area (TPSA) is 49.9 Å². The maximum absolute atomic E-state index is 13.7. The van der Waals surface area contributed by atoms with E-state index in [1.165, 1.54) is 10.4 Å². The molecule has 1 aromatic heterocycles. The summed E-state index contributed by atoms with van der Waals surface area (Å²) in [6.07, 6.45) is 1.92. The lowest BCUT2D eigenvalue weighted by atomic mass is 10.00. The summed E-state index contributed by atoms with van der Waals surface area (Å²) in [7, 11) is 0. The molecule has 0 saturated carbocycles. The van der Waals surface area contributed by atoms with Crippen molar-refractivity contribution in [2.45, 2.75) is 65.0 Å². The molecule has 2 atom stereocenters. The van der Waals surface area contributed by atoms with Gasteiger partial charge < -0.3 is 14.5 Å². The first-order valence-electron chi connectivity index (χ1n) is 13.3. The Hall–Kier alpha value is -3.12. The molecule has 0 N–H and O–H groups in total. The van der Waals surface area contributed by atoms with Crippen LogP contribution in [0.4, 0.5) is 0 Å². The van der Waals surface area contributed by atoms with E-state index < -0.39 is 0 Å². The monoisotopic (exact) mass is 518 g/mol. The minimum absolute atomic E-state index is 0.0137. The van der Waals surface area contributed by atoms with Gasteiger partial charge in [-0.1, -0.05) is 63.2 Å². The minimum atomic E-state index is -0.171. The van der Waals surface area contributed by atoms with Gasteiger partial charge in [-0.05, 0) is 66.0 Å². The fourth-order valence-corrected chi connectivity index (χ4v) is 5.75. The average Bonchev–Trinajstić information content (AvgIpc) is 3.39. The zero-order valence-corrected chi connectivity index (χ0v) is 23.2. The number of carbonyl (C=O) groups excluding carboxylic acids is 2. The highest BCUT2D eigenvalue weighted by atomic mass is 32.1. The summed E-state index contributed by atoms with van der Waals surface area (Å²) in [5, 5.41) is 2.10. The number of fused-ring (bicyclic) bond motifs is 1. The van der Waals surface area contributed by atoms with E-state index in [0.29, 0.717) is 25.5 Å². The molecule has 0 saturated heterocycles. The summed E-state index contributed by atoms with van der Waals surface area (Å²) in [6.45, 7) is 9.52. The van der Waals surface area contributed by atoms with Crippen LogP contribution >= 0.6 is 11.3 Å². The van der Waals surface area contributed by atoms with Gasteiger partial charge in [0.1, 0.15) is 18.9 Å². The molecule has 5 nitrogen and oxygen atoms in total. The Morgan fingerprint density at radius 2 is 1.78 bits per heavy atom. The molecule has 0 fully saturated rings. The number of benzene rings is 2. The van der Waals surface area contributed by atoms with Gasteiger partial charge in [-0.25, -0.2) is 0 Å². The van der Waals surface area contributed by atoms with Crippen molar-refractivity contribution in [1.29, 1.82) is 0 Å². The summed E-state index contributed by atoms with van der Waals surface area (Å²) in [5.74, 6) is 1.23. The van der Waals surface area contributed by atoms with Gasteiger partial charge in [-0.15, -0.1) is 11.3 Å². The second kappa shape index (κ2) is 12.4. The predicted octanol–water partition coefficient (Wildman–Crippen LogP) is 6.25. The Labute approximate surface area is 225 Å². The van der Waals surface area contributed by atoms with Crippen LogP contribution in [0.15, 0.2) is 66.0 Å². The zero-order chi connectivity index (χ0) is 26.4. The van der Waals surface area contributed by atoms with Crippen molar-refractivity contribution in [1.82, 2.24) is 9.80 Å². The highest BCUT2D eigenvalue weighted by Crippen LogP contribution is 2.34. The predicted molar refractivity (Wildman–Crippen MR) is 150 cm³/mol. The first-order chi connectivity index (χ1) is 17.9. The lowest BCUT2D eigenvalue weighted by Crippen LogP contribution is -2.50. The van der Waals surface area contributed by atoms with Gasteiger partial charge >= 0.3 is 0 Å². The van der Waals surface area contributed by atoms with Crippen molar-refractivity contribution in [3.8, 4) is 5.75 Å². The van der Waals surface area contributed by atoms with E-state index in [-0.39, 0.29) is 30.4 Å².